The van der Waals surface area contributed by atoms with E-state index in [1.54, 1.807) is 20.8 Å². The summed E-state index contributed by atoms with van der Waals surface area (Å²) in [5.41, 5.74) is -0.289. The third kappa shape index (κ3) is 9.02. The molecule has 0 bridgehead atoms. The van der Waals surface area contributed by atoms with Crippen LogP contribution in [-0.4, -0.2) is 81.7 Å². The second-order valence-corrected chi connectivity index (χ2v) is 14.8. The summed E-state index contributed by atoms with van der Waals surface area (Å²) in [6, 6.07) is 17.9. The van der Waals surface area contributed by atoms with E-state index in [9.17, 15) is 24.0 Å². The van der Waals surface area contributed by atoms with Gasteiger partial charge in [0.1, 0.15) is 34.7 Å². The summed E-state index contributed by atoms with van der Waals surface area (Å²) in [4.78, 5) is 75.0. The Balaban J connectivity index is 1.24. The molecule has 0 saturated carbocycles. The number of benzene rings is 2. The quantitative estimate of drug-likeness (QED) is 0.0434. The van der Waals surface area contributed by atoms with Crippen molar-refractivity contribution in [2.45, 2.75) is 56.7 Å². The van der Waals surface area contributed by atoms with Crippen LogP contribution in [0.1, 0.15) is 56.5 Å². The molecule has 2 aromatic carbocycles. The summed E-state index contributed by atoms with van der Waals surface area (Å²) < 4.78 is 11.5. The molecule has 15 heteroatoms. The maximum absolute atomic E-state index is 13.9. The summed E-state index contributed by atoms with van der Waals surface area (Å²) in [6.07, 6.45) is 1.69. The molecule has 0 spiro atoms. The highest BCUT2D eigenvalue weighted by Crippen LogP contribution is 2.44. The van der Waals surface area contributed by atoms with Crippen LogP contribution in [0.25, 0.3) is 0 Å². The number of carbonyl (C=O) groups excluding carboxylic acids is 5. The van der Waals surface area contributed by atoms with Crippen molar-refractivity contribution in [2.24, 2.45) is 10.6 Å². The van der Waals surface area contributed by atoms with E-state index in [-0.39, 0.29) is 54.2 Å². The number of thiazole rings is 1. The first-order chi connectivity index (χ1) is 24.4. The Morgan fingerprint density at radius 3 is 2.39 bits per heavy atom. The summed E-state index contributed by atoms with van der Waals surface area (Å²) in [6.45, 7) is 9.29. The van der Waals surface area contributed by atoms with Gasteiger partial charge in [0.15, 0.2) is 16.9 Å². The van der Waals surface area contributed by atoms with Gasteiger partial charge in [-0.1, -0.05) is 71.9 Å². The maximum atomic E-state index is 13.9. The van der Waals surface area contributed by atoms with Gasteiger partial charge >= 0.3 is 11.9 Å². The fraction of sp³-hybridized carbons (Fsp3) is 0.361. The number of β-lactam (4-membered cyclic amide) rings is 1. The Morgan fingerprint density at radius 2 is 1.78 bits per heavy atom. The number of carbonyl (C=O) groups is 5. The third-order valence-electron chi connectivity index (χ3n) is 7.96. The molecule has 3 amide bonds. The molecule has 5 rings (SSSR count). The predicted molar refractivity (Wildman–Crippen MR) is 193 cm³/mol. The second kappa shape index (κ2) is 16.3. The lowest BCUT2D eigenvalue weighted by Gasteiger charge is -2.53. The molecular formula is C36H39N5O8S2. The number of thioether (sulfide) groups is 1. The molecule has 0 radical (unpaired) electrons. The van der Waals surface area contributed by atoms with E-state index in [0.717, 1.165) is 22.5 Å². The molecule has 2 fully saturated rings. The van der Waals surface area contributed by atoms with Gasteiger partial charge in [-0.05, 0) is 38.3 Å². The van der Waals surface area contributed by atoms with Gasteiger partial charge < -0.3 is 29.8 Å². The molecule has 2 aliphatic rings. The molecule has 13 nitrogen and oxygen atoms in total. The van der Waals surface area contributed by atoms with Crippen molar-refractivity contribution in [3.8, 4) is 0 Å². The van der Waals surface area contributed by atoms with Crippen molar-refractivity contribution in [2.75, 3.05) is 24.2 Å². The van der Waals surface area contributed by atoms with Crippen LogP contribution < -0.4 is 10.6 Å². The SMILES string of the molecule is C=CC1(C(=O)OC(c2ccccc2)c2ccccc2)CS[C@@H]2C(NC(=O)C(=NOCCCC(=O)OC(C)(C)C)c3csc(NC=O)n3)C(=O)N2C1. The number of oxime groups is 1. The van der Waals surface area contributed by atoms with Crippen LogP contribution in [0.4, 0.5) is 5.13 Å². The number of hydrogen-bond acceptors (Lipinski definition) is 12. The number of hydrogen-bond donors (Lipinski definition) is 2. The van der Waals surface area contributed by atoms with E-state index in [4.69, 9.17) is 14.3 Å². The minimum absolute atomic E-state index is 0.00333. The van der Waals surface area contributed by atoms with E-state index in [1.165, 1.54) is 28.1 Å². The highest BCUT2D eigenvalue weighted by Gasteiger charge is 2.57. The Bertz CT molecular complexity index is 1740. The van der Waals surface area contributed by atoms with Gasteiger partial charge in [-0.15, -0.1) is 29.7 Å². The number of rotatable bonds is 15. The average molecular weight is 734 g/mol. The van der Waals surface area contributed by atoms with Crippen LogP contribution in [0.15, 0.2) is 83.9 Å². The van der Waals surface area contributed by atoms with Gasteiger partial charge in [-0.25, -0.2) is 4.98 Å². The number of nitrogens with zero attached hydrogens (tertiary/aromatic N) is 3. The first-order valence-electron chi connectivity index (χ1n) is 16.2. The van der Waals surface area contributed by atoms with Gasteiger partial charge in [0.25, 0.3) is 5.91 Å². The number of amides is 3. The Labute approximate surface area is 303 Å². The fourth-order valence-electron chi connectivity index (χ4n) is 5.43. The predicted octanol–water partition coefficient (Wildman–Crippen LogP) is 4.46. The third-order valence-corrected chi connectivity index (χ3v) is 10.3. The standard InChI is InChI=1S/C36H39N5O8S2/c1-5-36(33(46)48-29(23-13-8-6-9-14-23)24-15-10-7-11-16-24)20-41-31(45)28(32(41)51-21-36)39-30(44)27(25-19-50-34(38-25)37-22-42)40-47-18-12-17-26(43)49-35(2,3)4/h5-11,13-16,19,22,28-29,32H,1,12,17-18,20-21H2,2-4H3,(H,39,44)(H,37,38,42)/t28?,32-,36?/m1/s1. The number of ether oxygens (including phenoxy) is 2. The molecular weight excluding hydrogens is 695 g/mol. The monoisotopic (exact) mass is 733 g/mol. The molecule has 51 heavy (non-hydrogen) atoms. The van der Waals surface area contributed by atoms with Gasteiger partial charge in [-0.2, -0.15) is 0 Å². The minimum atomic E-state index is -1.18. The zero-order valence-electron chi connectivity index (χ0n) is 28.4. The van der Waals surface area contributed by atoms with E-state index >= 15 is 0 Å². The number of fused-ring (bicyclic) bond motifs is 1. The van der Waals surface area contributed by atoms with Crippen molar-refractivity contribution < 1.29 is 38.3 Å². The summed E-state index contributed by atoms with van der Waals surface area (Å²) >= 11 is 2.41. The normalized spacial score (nSPS) is 20.0. The molecule has 2 N–H and O–H groups in total. The molecule has 2 unspecified atom stereocenters. The Morgan fingerprint density at radius 1 is 1.12 bits per heavy atom. The maximum Gasteiger partial charge on any atom is 0.319 e. The largest absolute Gasteiger partial charge is 0.460 e. The van der Waals surface area contributed by atoms with Crippen LogP contribution >= 0.6 is 23.1 Å². The number of nitrogens with one attached hydrogen (secondary N) is 2. The lowest BCUT2D eigenvalue weighted by Crippen LogP contribution is -2.73. The summed E-state index contributed by atoms with van der Waals surface area (Å²) in [5.74, 6) is -1.75. The highest BCUT2D eigenvalue weighted by molar-refractivity contribution is 8.00. The lowest BCUT2D eigenvalue weighted by molar-refractivity contribution is -0.162. The van der Waals surface area contributed by atoms with Crippen LogP contribution in [-0.2, 0) is 38.3 Å². The molecule has 268 valence electrons. The van der Waals surface area contributed by atoms with Crippen molar-refractivity contribution in [3.05, 3.63) is 95.5 Å². The number of esters is 2. The van der Waals surface area contributed by atoms with Crippen molar-refractivity contribution in [3.63, 3.8) is 0 Å². The zero-order chi connectivity index (χ0) is 36.6. The van der Waals surface area contributed by atoms with Gasteiger partial charge in [0, 0.05) is 24.1 Å². The topological polar surface area (TPSA) is 166 Å². The molecule has 3 heterocycles. The van der Waals surface area contributed by atoms with E-state index < -0.39 is 46.4 Å². The van der Waals surface area contributed by atoms with Crippen molar-refractivity contribution in [1.29, 1.82) is 0 Å². The van der Waals surface area contributed by atoms with Crippen molar-refractivity contribution >= 4 is 64.1 Å². The van der Waals surface area contributed by atoms with E-state index in [2.05, 4.69) is 27.4 Å². The highest BCUT2D eigenvalue weighted by atomic mass is 32.2. The van der Waals surface area contributed by atoms with Crippen molar-refractivity contribution in [1.82, 2.24) is 15.2 Å². The zero-order valence-corrected chi connectivity index (χ0v) is 30.0. The first kappa shape index (κ1) is 37.2. The Kier molecular flexibility index (Phi) is 11.9. The van der Waals surface area contributed by atoms with E-state index in [1.807, 2.05) is 60.7 Å². The lowest BCUT2D eigenvalue weighted by atomic mass is 9.87. The first-order valence-corrected chi connectivity index (χ1v) is 18.1. The molecule has 2 saturated heterocycles. The van der Waals surface area contributed by atoms with Crippen LogP contribution in [0.5, 0.6) is 0 Å². The fourth-order valence-corrected chi connectivity index (χ4v) is 7.62. The molecule has 2 aliphatic heterocycles. The second-order valence-electron chi connectivity index (χ2n) is 12.8. The number of aromatic nitrogens is 1. The van der Waals surface area contributed by atoms with Gasteiger partial charge in [0.05, 0.1) is 0 Å². The molecule has 3 aromatic rings. The number of anilines is 1. The average Bonchev–Trinajstić information content (AvgIpc) is 3.58. The Hall–Kier alpha value is -5.02. The summed E-state index contributed by atoms with van der Waals surface area (Å²) in [5, 5.41) is 10.4. The summed E-state index contributed by atoms with van der Waals surface area (Å²) in [7, 11) is 0. The minimum Gasteiger partial charge on any atom is -0.460 e. The molecule has 1 aromatic heterocycles. The van der Waals surface area contributed by atoms with Gasteiger partial charge in [-0.3, -0.25) is 24.0 Å². The molecule has 0 aliphatic carbocycles. The van der Waals surface area contributed by atoms with Gasteiger partial charge in [0.2, 0.25) is 12.3 Å². The van der Waals surface area contributed by atoms with Crippen LogP contribution in [0.2, 0.25) is 0 Å². The van der Waals surface area contributed by atoms with Crippen LogP contribution in [0.3, 0.4) is 0 Å². The van der Waals surface area contributed by atoms with Crippen LogP contribution in [0, 0.1) is 5.41 Å². The smallest absolute Gasteiger partial charge is 0.319 e. The van der Waals surface area contributed by atoms with E-state index in [0.29, 0.717) is 6.41 Å². The molecule has 3 atom stereocenters.